The van der Waals surface area contributed by atoms with E-state index in [2.05, 4.69) is 59.7 Å². The van der Waals surface area contributed by atoms with E-state index in [4.69, 9.17) is 14.2 Å². The summed E-state index contributed by atoms with van der Waals surface area (Å²) in [6.45, 7) is 14.6. The molecule has 0 aliphatic rings. The van der Waals surface area contributed by atoms with Crippen LogP contribution in [0.15, 0.2) is 42.5 Å². The van der Waals surface area contributed by atoms with Crippen LogP contribution in [0.2, 0.25) is 0 Å². The van der Waals surface area contributed by atoms with E-state index >= 15 is 0 Å². The summed E-state index contributed by atoms with van der Waals surface area (Å²) in [5.74, 6) is 0.616. The molecule has 172 valence electrons. The van der Waals surface area contributed by atoms with Crippen LogP contribution in [0.5, 0.6) is 5.75 Å². The number of rotatable bonds is 13. The van der Waals surface area contributed by atoms with Crippen LogP contribution in [-0.2, 0) is 14.3 Å². The van der Waals surface area contributed by atoms with E-state index in [0.29, 0.717) is 19.8 Å². The van der Waals surface area contributed by atoms with Gasteiger partial charge in [-0.15, -0.1) is 0 Å². The molecule has 0 aliphatic carbocycles. The Labute approximate surface area is 188 Å². The molecule has 0 saturated heterocycles. The van der Waals surface area contributed by atoms with Crippen LogP contribution in [0.25, 0.3) is 10.8 Å². The Morgan fingerprint density at radius 3 is 2.23 bits per heavy atom. The van der Waals surface area contributed by atoms with Crippen molar-refractivity contribution in [1.82, 2.24) is 0 Å². The van der Waals surface area contributed by atoms with Crippen molar-refractivity contribution in [3.05, 3.63) is 42.5 Å². The number of hydrogen-bond donors (Lipinski definition) is 0. The molecule has 1 unspecified atom stereocenters. The molecule has 0 saturated carbocycles. The molecule has 0 N–H and O–H groups in total. The predicted octanol–water partition coefficient (Wildman–Crippen LogP) is 6.66. The molecule has 1 atom stereocenters. The fourth-order valence-electron chi connectivity index (χ4n) is 3.50. The van der Waals surface area contributed by atoms with E-state index in [0.717, 1.165) is 30.4 Å². The van der Waals surface area contributed by atoms with Crippen molar-refractivity contribution in [2.75, 3.05) is 26.4 Å². The summed E-state index contributed by atoms with van der Waals surface area (Å²) >= 11 is 0. The SMILES string of the molecule is CCC(C)(C)CC(C(=O)OCCOCCOc1ccc2ccccc2c1)C(C)(C)CC. The molecule has 0 amide bonds. The first kappa shape index (κ1) is 25.2. The summed E-state index contributed by atoms with van der Waals surface area (Å²) in [5, 5.41) is 2.35. The highest BCUT2D eigenvalue weighted by molar-refractivity contribution is 5.83. The molecule has 0 radical (unpaired) electrons. The second-order valence-corrected chi connectivity index (χ2v) is 9.75. The molecule has 0 aromatic heterocycles. The fourth-order valence-corrected chi connectivity index (χ4v) is 3.50. The van der Waals surface area contributed by atoms with Crippen molar-refractivity contribution in [2.45, 2.75) is 60.8 Å². The largest absolute Gasteiger partial charge is 0.491 e. The molecule has 0 bridgehead atoms. The molecule has 4 heteroatoms. The lowest BCUT2D eigenvalue weighted by atomic mass is 9.68. The molecule has 2 aromatic rings. The molecule has 2 rings (SSSR count). The van der Waals surface area contributed by atoms with E-state index in [1.807, 2.05) is 24.3 Å². The number of carbonyl (C=O) groups excluding carboxylic acids is 1. The molecule has 2 aromatic carbocycles. The van der Waals surface area contributed by atoms with Crippen LogP contribution in [-0.4, -0.2) is 32.4 Å². The van der Waals surface area contributed by atoms with Crippen molar-refractivity contribution in [3.8, 4) is 5.75 Å². The summed E-state index contributed by atoms with van der Waals surface area (Å²) < 4.78 is 17.0. The number of fused-ring (bicyclic) bond motifs is 1. The van der Waals surface area contributed by atoms with E-state index in [1.165, 1.54) is 5.39 Å². The predicted molar refractivity (Wildman–Crippen MR) is 127 cm³/mol. The van der Waals surface area contributed by atoms with E-state index < -0.39 is 0 Å². The third-order valence-electron chi connectivity index (χ3n) is 6.54. The first-order chi connectivity index (χ1) is 14.7. The Morgan fingerprint density at radius 1 is 0.871 bits per heavy atom. The summed E-state index contributed by atoms with van der Waals surface area (Å²) in [6.07, 6.45) is 2.82. The lowest BCUT2D eigenvalue weighted by molar-refractivity contribution is -0.156. The molecule has 0 spiro atoms. The van der Waals surface area contributed by atoms with Gasteiger partial charge in [-0.25, -0.2) is 0 Å². The quantitative estimate of drug-likeness (QED) is 0.264. The van der Waals surface area contributed by atoms with Gasteiger partial charge < -0.3 is 14.2 Å². The number of ether oxygens (including phenoxy) is 3. The van der Waals surface area contributed by atoms with Gasteiger partial charge in [0.25, 0.3) is 0 Å². The summed E-state index contributed by atoms with van der Waals surface area (Å²) in [7, 11) is 0. The van der Waals surface area contributed by atoms with E-state index in [9.17, 15) is 4.79 Å². The minimum absolute atomic E-state index is 0.0852. The Hall–Kier alpha value is -2.07. The molecule has 0 heterocycles. The maximum absolute atomic E-state index is 12.8. The lowest BCUT2D eigenvalue weighted by Gasteiger charge is -2.37. The monoisotopic (exact) mass is 428 g/mol. The summed E-state index contributed by atoms with van der Waals surface area (Å²) in [5.41, 5.74) is 0.0325. The van der Waals surface area contributed by atoms with Gasteiger partial charge in [0.15, 0.2) is 0 Å². The fraction of sp³-hybridized carbons (Fsp3) is 0.593. The molecular formula is C27H40O4. The number of hydrogen-bond acceptors (Lipinski definition) is 4. The van der Waals surface area contributed by atoms with Crippen molar-refractivity contribution in [1.29, 1.82) is 0 Å². The van der Waals surface area contributed by atoms with Gasteiger partial charge in [0.05, 0.1) is 19.1 Å². The van der Waals surface area contributed by atoms with E-state index in [1.54, 1.807) is 0 Å². The molecule has 4 nitrogen and oxygen atoms in total. The van der Waals surface area contributed by atoms with Gasteiger partial charge in [0.2, 0.25) is 0 Å². The van der Waals surface area contributed by atoms with Gasteiger partial charge in [-0.3, -0.25) is 4.79 Å². The van der Waals surface area contributed by atoms with Crippen LogP contribution >= 0.6 is 0 Å². The van der Waals surface area contributed by atoms with Gasteiger partial charge in [0, 0.05) is 0 Å². The van der Waals surface area contributed by atoms with Crippen LogP contribution in [0.3, 0.4) is 0 Å². The van der Waals surface area contributed by atoms with Gasteiger partial charge in [-0.2, -0.15) is 0 Å². The first-order valence-corrected chi connectivity index (χ1v) is 11.5. The number of benzene rings is 2. The van der Waals surface area contributed by atoms with Gasteiger partial charge >= 0.3 is 5.97 Å². The van der Waals surface area contributed by atoms with Gasteiger partial charge in [0.1, 0.15) is 19.0 Å². The van der Waals surface area contributed by atoms with Crippen LogP contribution in [0, 0.1) is 16.7 Å². The van der Waals surface area contributed by atoms with Crippen molar-refractivity contribution in [3.63, 3.8) is 0 Å². The second kappa shape index (κ2) is 11.5. The standard InChI is InChI=1S/C27H40O4/c1-7-26(3,4)20-24(27(5,6)8-2)25(28)31-18-16-29-15-17-30-23-14-13-21-11-9-10-12-22(21)19-23/h9-14,19,24H,7-8,15-18,20H2,1-6H3. The van der Waals surface area contributed by atoms with Crippen LogP contribution < -0.4 is 4.74 Å². The zero-order valence-corrected chi connectivity index (χ0v) is 20.2. The third-order valence-corrected chi connectivity index (χ3v) is 6.54. The average molecular weight is 429 g/mol. The number of carbonyl (C=O) groups is 1. The van der Waals surface area contributed by atoms with Crippen LogP contribution in [0.1, 0.15) is 60.8 Å². The lowest BCUT2D eigenvalue weighted by Crippen LogP contribution is -2.36. The highest BCUT2D eigenvalue weighted by Gasteiger charge is 2.38. The normalized spacial score (nSPS) is 13.2. The highest BCUT2D eigenvalue weighted by Crippen LogP contribution is 2.40. The minimum Gasteiger partial charge on any atom is -0.491 e. The second-order valence-electron chi connectivity index (χ2n) is 9.75. The first-order valence-electron chi connectivity index (χ1n) is 11.5. The van der Waals surface area contributed by atoms with Gasteiger partial charge in [-0.1, -0.05) is 84.7 Å². The van der Waals surface area contributed by atoms with Crippen molar-refractivity contribution < 1.29 is 19.0 Å². The Kier molecular flexibility index (Phi) is 9.36. The van der Waals surface area contributed by atoms with E-state index in [-0.39, 0.29) is 29.3 Å². The zero-order valence-electron chi connectivity index (χ0n) is 20.2. The topological polar surface area (TPSA) is 44.8 Å². The Bertz CT molecular complexity index is 825. The molecular weight excluding hydrogens is 388 g/mol. The smallest absolute Gasteiger partial charge is 0.309 e. The van der Waals surface area contributed by atoms with Crippen molar-refractivity contribution in [2.24, 2.45) is 16.7 Å². The molecule has 0 fully saturated rings. The zero-order chi connectivity index (χ0) is 22.9. The maximum Gasteiger partial charge on any atom is 0.309 e. The average Bonchev–Trinajstić information content (AvgIpc) is 2.76. The maximum atomic E-state index is 12.8. The molecule has 31 heavy (non-hydrogen) atoms. The van der Waals surface area contributed by atoms with Crippen LogP contribution in [0.4, 0.5) is 0 Å². The van der Waals surface area contributed by atoms with Gasteiger partial charge in [-0.05, 0) is 40.2 Å². The Balaban J connectivity index is 1.71. The highest BCUT2D eigenvalue weighted by atomic mass is 16.6. The molecule has 0 aliphatic heterocycles. The summed E-state index contributed by atoms with van der Waals surface area (Å²) in [6, 6.07) is 14.3. The number of esters is 1. The summed E-state index contributed by atoms with van der Waals surface area (Å²) in [4.78, 5) is 12.8. The van der Waals surface area contributed by atoms with Crippen molar-refractivity contribution >= 4 is 16.7 Å². The minimum atomic E-state index is -0.108. The Morgan fingerprint density at radius 2 is 1.55 bits per heavy atom. The third kappa shape index (κ3) is 7.84.